The van der Waals surface area contributed by atoms with Gasteiger partial charge in [-0.25, -0.2) is 4.79 Å². The van der Waals surface area contributed by atoms with Crippen molar-refractivity contribution in [3.63, 3.8) is 0 Å². The minimum atomic E-state index is -4.44. The predicted molar refractivity (Wildman–Crippen MR) is 86.2 cm³/mol. The fraction of sp³-hybridized carbons (Fsp3) is 0.500. The van der Waals surface area contributed by atoms with Gasteiger partial charge in [-0.2, -0.15) is 13.2 Å². The Morgan fingerprint density at radius 1 is 1.27 bits per heavy atom. The molecule has 0 aliphatic carbocycles. The lowest BCUT2D eigenvalue weighted by Gasteiger charge is -2.36. The lowest BCUT2D eigenvalue weighted by atomic mass is 9.80. The van der Waals surface area contributed by atoms with Crippen molar-refractivity contribution in [3.05, 3.63) is 47.2 Å². The van der Waals surface area contributed by atoms with E-state index in [0.29, 0.717) is 18.4 Å². The SMILES string of the molecule is CCO[C@@H]1OC(C(=O)O)=C[C@H](c2ccc(C(F)(F)F)cc2)[C@@H]1CCCO. The van der Waals surface area contributed by atoms with Gasteiger partial charge in [0.05, 0.1) is 5.56 Å². The van der Waals surface area contributed by atoms with Gasteiger partial charge in [0.1, 0.15) is 0 Å². The number of hydrogen-bond donors (Lipinski definition) is 2. The first-order valence-electron chi connectivity index (χ1n) is 8.29. The van der Waals surface area contributed by atoms with Crippen molar-refractivity contribution < 1.29 is 37.7 Å². The maximum Gasteiger partial charge on any atom is 0.416 e. The molecule has 0 saturated heterocycles. The molecule has 0 bridgehead atoms. The highest BCUT2D eigenvalue weighted by Gasteiger charge is 2.38. The number of aliphatic carboxylic acids is 1. The second-order valence-corrected chi connectivity index (χ2v) is 5.95. The number of allylic oxidation sites excluding steroid dienone is 1. The minimum Gasteiger partial charge on any atom is -0.475 e. The molecular weight excluding hydrogens is 353 g/mol. The van der Waals surface area contributed by atoms with Gasteiger partial charge in [-0.05, 0) is 43.5 Å². The summed E-state index contributed by atoms with van der Waals surface area (Å²) in [6.07, 6.45) is -3.00. The normalized spacial score (nSPS) is 23.3. The first-order chi connectivity index (χ1) is 12.3. The number of carbonyl (C=O) groups is 1. The van der Waals surface area contributed by atoms with E-state index in [1.165, 1.54) is 18.2 Å². The van der Waals surface area contributed by atoms with Gasteiger partial charge in [0.2, 0.25) is 12.0 Å². The van der Waals surface area contributed by atoms with Crippen LogP contribution >= 0.6 is 0 Å². The van der Waals surface area contributed by atoms with Crippen LogP contribution < -0.4 is 0 Å². The molecule has 0 unspecified atom stereocenters. The van der Waals surface area contributed by atoms with Crippen LogP contribution in [-0.4, -0.2) is 35.7 Å². The van der Waals surface area contributed by atoms with Crippen molar-refractivity contribution in [1.29, 1.82) is 0 Å². The number of alkyl halides is 3. The topological polar surface area (TPSA) is 76.0 Å². The Kier molecular flexibility index (Phi) is 6.66. The van der Waals surface area contributed by atoms with Crippen molar-refractivity contribution in [2.75, 3.05) is 13.2 Å². The molecule has 144 valence electrons. The zero-order valence-electron chi connectivity index (χ0n) is 14.2. The minimum absolute atomic E-state index is 0.0649. The molecule has 1 aliphatic heterocycles. The highest BCUT2D eigenvalue weighted by atomic mass is 19.4. The molecule has 1 aromatic rings. The lowest BCUT2D eigenvalue weighted by Crippen LogP contribution is -2.36. The summed E-state index contributed by atoms with van der Waals surface area (Å²) in [6.45, 7) is 1.95. The summed E-state index contributed by atoms with van der Waals surface area (Å²) < 4.78 is 49.3. The van der Waals surface area contributed by atoms with Crippen LogP contribution in [0.1, 0.15) is 36.8 Å². The molecule has 0 radical (unpaired) electrons. The average molecular weight is 374 g/mol. The van der Waals surface area contributed by atoms with E-state index >= 15 is 0 Å². The van der Waals surface area contributed by atoms with E-state index in [1.54, 1.807) is 6.92 Å². The number of ether oxygens (including phenoxy) is 2. The molecule has 1 aliphatic rings. The van der Waals surface area contributed by atoms with Crippen LogP contribution in [0.25, 0.3) is 0 Å². The van der Waals surface area contributed by atoms with Crippen LogP contribution in [0.3, 0.4) is 0 Å². The molecule has 0 aromatic heterocycles. The third-order valence-corrected chi connectivity index (χ3v) is 4.25. The van der Waals surface area contributed by atoms with Gasteiger partial charge in [0.25, 0.3) is 0 Å². The Bertz CT molecular complexity index is 639. The standard InChI is InChI=1S/C18H21F3O5/c1-2-25-17-13(4-3-9-22)14(10-15(26-17)16(23)24)11-5-7-12(8-6-11)18(19,20)21/h5-8,10,13-14,17,22H,2-4,9H2,1H3,(H,23,24)/t13-,14+,17+/m0/s1. The van der Waals surface area contributed by atoms with Crippen molar-refractivity contribution in [2.24, 2.45) is 5.92 Å². The zero-order valence-corrected chi connectivity index (χ0v) is 14.2. The number of carboxylic acids is 1. The van der Waals surface area contributed by atoms with E-state index in [0.717, 1.165) is 12.1 Å². The first-order valence-corrected chi connectivity index (χ1v) is 8.29. The van der Waals surface area contributed by atoms with E-state index in [2.05, 4.69) is 0 Å². The van der Waals surface area contributed by atoms with Crippen molar-refractivity contribution in [1.82, 2.24) is 0 Å². The van der Waals surface area contributed by atoms with E-state index in [1.807, 2.05) is 0 Å². The maximum absolute atomic E-state index is 12.8. The van der Waals surface area contributed by atoms with Crippen LogP contribution in [0.15, 0.2) is 36.1 Å². The third kappa shape index (κ3) is 4.76. The number of aliphatic hydroxyl groups is 1. The summed E-state index contributed by atoms with van der Waals surface area (Å²) >= 11 is 0. The van der Waals surface area contributed by atoms with Crippen molar-refractivity contribution in [2.45, 2.75) is 38.1 Å². The summed E-state index contributed by atoms with van der Waals surface area (Å²) in [5, 5.41) is 18.4. The van der Waals surface area contributed by atoms with E-state index in [9.17, 15) is 23.1 Å². The molecule has 2 rings (SSSR count). The van der Waals surface area contributed by atoms with Gasteiger partial charge < -0.3 is 19.7 Å². The average Bonchev–Trinajstić information content (AvgIpc) is 2.59. The summed E-state index contributed by atoms with van der Waals surface area (Å²) in [7, 11) is 0. The van der Waals surface area contributed by atoms with E-state index in [-0.39, 0.29) is 24.9 Å². The van der Waals surface area contributed by atoms with Gasteiger partial charge in [0.15, 0.2) is 0 Å². The molecular formula is C18H21F3O5. The Morgan fingerprint density at radius 2 is 1.92 bits per heavy atom. The smallest absolute Gasteiger partial charge is 0.416 e. The Morgan fingerprint density at radius 3 is 2.42 bits per heavy atom. The molecule has 5 nitrogen and oxygen atoms in total. The first kappa shape index (κ1) is 20.3. The van der Waals surface area contributed by atoms with Gasteiger partial charge in [0, 0.05) is 25.0 Å². The van der Waals surface area contributed by atoms with Crippen molar-refractivity contribution >= 4 is 5.97 Å². The summed E-state index contributed by atoms with van der Waals surface area (Å²) in [5.41, 5.74) is -0.239. The number of rotatable bonds is 7. The van der Waals surface area contributed by atoms with Crippen molar-refractivity contribution in [3.8, 4) is 0 Å². The largest absolute Gasteiger partial charge is 0.475 e. The van der Waals surface area contributed by atoms with Crippen LogP contribution in [0, 0.1) is 5.92 Å². The lowest BCUT2D eigenvalue weighted by molar-refractivity contribution is -0.173. The second kappa shape index (κ2) is 8.55. The zero-order chi connectivity index (χ0) is 19.3. The van der Waals surface area contributed by atoms with Crippen LogP contribution in [0.4, 0.5) is 13.2 Å². The van der Waals surface area contributed by atoms with Gasteiger partial charge in [-0.1, -0.05) is 12.1 Å². The van der Waals surface area contributed by atoms with Crippen LogP contribution in [0.5, 0.6) is 0 Å². The Hall–Kier alpha value is -2.06. The molecule has 1 heterocycles. The highest BCUT2D eigenvalue weighted by Crippen LogP contribution is 2.40. The molecule has 0 fully saturated rings. The van der Waals surface area contributed by atoms with Gasteiger partial charge in [-0.15, -0.1) is 0 Å². The Labute approximate surface area is 149 Å². The second-order valence-electron chi connectivity index (χ2n) is 5.95. The third-order valence-electron chi connectivity index (χ3n) is 4.25. The van der Waals surface area contributed by atoms with Crippen LogP contribution in [-0.2, 0) is 20.4 Å². The predicted octanol–water partition coefficient (Wildman–Crippen LogP) is 3.54. The monoisotopic (exact) mass is 374 g/mol. The number of benzene rings is 1. The highest BCUT2D eigenvalue weighted by molar-refractivity contribution is 5.84. The molecule has 0 spiro atoms. The summed E-state index contributed by atoms with van der Waals surface area (Å²) in [6, 6.07) is 4.61. The fourth-order valence-corrected chi connectivity index (χ4v) is 3.03. The maximum atomic E-state index is 12.8. The van der Waals surface area contributed by atoms with Crippen LogP contribution in [0.2, 0.25) is 0 Å². The molecule has 2 N–H and O–H groups in total. The molecule has 0 amide bonds. The number of halogens is 3. The molecule has 26 heavy (non-hydrogen) atoms. The molecule has 1 aromatic carbocycles. The fourth-order valence-electron chi connectivity index (χ4n) is 3.03. The quantitative estimate of drug-likeness (QED) is 0.764. The number of carboxylic acid groups (broad SMARTS) is 1. The number of aliphatic hydroxyl groups excluding tert-OH is 1. The van der Waals surface area contributed by atoms with E-state index in [4.69, 9.17) is 14.6 Å². The molecule has 8 heteroatoms. The summed E-state index contributed by atoms with van der Waals surface area (Å²) in [5.74, 6) is -2.40. The van der Waals surface area contributed by atoms with E-state index < -0.39 is 29.9 Å². The molecule has 3 atom stereocenters. The van der Waals surface area contributed by atoms with Gasteiger partial charge >= 0.3 is 12.1 Å². The number of hydrogen-bond acceptors (Lipinski definition) is 4. The Balaban J connectivity index is 2.40. The van der Waals surface area contributed by atoms with Gasteiger partial charge in [-0.3, -0.25) is 0 Å². The summed E-state index contributed by atoms with van der Waals surface area (Å²) in [4.78, 5) is 11.3. The molecule has 0 saturated carbocycles.